The molecule has 0 fully saturated rings. The maximum absolute atomic E-state index is 10.7. The van der Waals surface area contributed by atoms with E-state index in [2.05, 4.69) is 49.6 Å². The Morgan fingerprint density at radius 3 is 1.35 bits per heavy atom. The molecule has 4 heterocycles. The molecule has 0 spiro atoms. The Labute approximate surface area is 293 Å². The summed E-state index contributed by atoms with van der Waals surface area (Å²) >= 11 is 0. The summed E-state index contributed by atoms with van der Waals surface area (Å²) in [4.78, 5) is 17.5. The molecular formula is C36H29F6IrN5P. The molecule has 0 atom stereocenters. The molecule has 0 aliphatic carbocycles. The zero-order valence-corrected chi connectivity index (χ0v) is 29.1. The van der Waals surface area contributed by atoms with Gasteiger partial charge in [-0.15, -0.1) is 71.8 Å². The summed E-state index contributed by atoms with van der Waals surface area (Å²) in [5.41, 5.74) is 7.13. The Kier molecular flexibility index (Phi) is 13.1. The molecule has 254 valence electrons. The molecule has 0 amide bonds. The van der Waals surface area contributed by atoms with Gasteiger partial charge in [0.15, 0.2) is 5.82 Å². The van der Waals surface area contributed by atoms with Crippen molar-refractivity contribution in [2.45, 2.75) is 13.5 Å². The monoisotopic (exact) mass is 869 g/mol. The van der Waals surface area contributed by atoms with Crippen LogP contribution in [0.4, 0.5) is 25.2 Å². The molecule has 0 saturated carbocycles. The van der Waals surface area contributed by atoms with Crippen LogP contribution < -0.4 is 0 Å². The second-order valence-electron chi connectivity index (χ2n) is 9.82. The fourth-order valence-corrected chi connectivity index (χ4v) is 4.24. The van der Waals surface area contributed by atoms with Gasteiger partial charge in [0.25, 0.3) is 0 Å². The van der Waals surface area contributed by atoms with Crippen molar-refractivity contribution in [3.05, 3.63) is 158 Å². The average Bonchev–Trinajstić information content (AvgIpc) is 3.48. The molecule has 7 rings (SSSR count). The number of aryl methyl sites for hydroxylation is 1. The Hall–Kier alpha value is -4.76. The first-order valence-corrected chi connectivity index (χ1v) is 16.5. The predicted molar refractivity (Wildman–Crippen MR) is 179 cm³/mol. The van der Waals surface area contributed by atoms with Crippen molar-refractivity contribution in [1.82, 2.24) is 24.5 Å². The van der Waals surface area contributed by atoms with Crippen molar-refractivity contribution in [1.29, 1.82) is 0 Å². The molecule has 5 nitrogen and oxygen atoms in total. The summed E-state index contributed by atoms with van der Waals surface area (Å²) in [7, 11) is -10.7. The normalized spacial score (nSPS) is 11.8. The third-order valence-corrected chi connectivity index (χ3v) is 6.16. The molecule has 3 aromatic carbocycles. The van der Waals surface area contributed by atoms with Crippen LogP contribution in [0.1, 0.15) is 6.92 Å². The SMILES string of the molecule is CCn1c(-c2ccccn2)nc2ccccc21.F[P-](F)(F)(F)(F)F.[Ir+3].[c-]1ccccc1-c1ccccn1.[c-]1ccccc1-c1ccccn1. The number of para-hydroxylation sites is 2. The van der Waals surface area contributed by atoms with E-state index >= 15 is 0 Å². The van der Waals surface area contributed by atoms with Crippen LogP contribution in [0.15, 0.2) is 146 Å². The van der Waals surface area contributed by atoms with Gasteiger partial charge in [-0.25, -0.2) is 4.98 Å². The third kappa shape index (κ3) is 14.1. The van der Waals surface area contributed by atoms with E-state index in [-0.39, 0.29) is 20.1 Å². The van der Waals surface area contributed by atoms with Gasteiger partial charge in [0, 0.05) is 25.1 Å². The number of pyridine rings is 3. The van der Waals surface area contributed by atoms with Crippen molar-refractivity contribution in [2.75, 3.05) is 0 Å². The zero-order chi connectivity index (χ0) is 34.5. The molecule has 0 radical (unpaired) electrons. The number of fused-ring (bicyclic) bond motifs is 1. The van der Waals surface area contributed by atoms with Gasteiger partial charge in [0.05, 0.1) is 11.0 Å². The third-order valence-electron chi connectivity index (χ3n) is 6.16. The minimum atomic E-state index is -10.7. The number of hydrogen-bond acceptors (Lipinski definition) is 4. The van der Waals surface area contributed by atoms with Crippen LogP contribution in [-0.4, -0.2) is 24.5 Å². The van der Waals surface area contributed by atoms with E-state index in [4.69, 9.17) is 0 Å². The number of halogens is 6. The van der Waals surface area contributed by atoms with Crippen molar-refractivity contribution < 1.29 is 45.3 Å². The number of benzene rings is 3. The Morgan fingerprint density at radius 2 is 0.959 bits per heavy atom. The van der Waals surface area contributed by atoms with E-state index in [1.165, 1.54) is 0 Å². The number of nitrogens with zero attached hydrogens (tertiary/aromatic N) is 5. The maximum Gasteiger partial charge on any atom is 3.00 e. The first-order chi connectivity index (χ1) is 22.8. The van der Waals surface area contributed by atoms with Gasteiger partial charge < -0.3 is 14.5 Å². The molecule has 0 aliphatic rings. The molecule has 49 heavy (non-hydrogen) atoms. The van der Waals surface area contributed by atoms with E-state index in [0.717, 1.165) is 51.6 Å². The van der Waals surface area contributed by atoms with Crippen LogP contribution in [0, 0.1) is 12.1 Å². The van der Waals surface area contributed by atoms with Crippen molar-refractivity contribution in [2.24, 2.45) is 0 Å². The van der Waals surface area contributed by atoms with Crippen LogP contribution in [0.5, 0.6) is 0 Å². The molecule has 0 aliphatic heterocycles. The van der Waals surface area contributed by atoms with Crippen LogP contribution >= 0.6 is 7.81 Å². The van der Waals surface area contributed by atoms with E-state index in [9.17, 15) is 25.2 Å². The summed E-state index contributed by atoms with van der Waals surface area (Å²) < 4.78 is 61.4. The van der Waals surface area contributed by atoms with Gasteiger partial charge in [-0.2, -0.15) is 0 Å². The van der Waals surface area contributed by atoms with Crippen molar-refractivity contribution >= 4 is 18.8 Å². The quantitative estimate of drug-likeness (QED) is 0.100. The van der Waals surface area contributed by atoms with Gasteiger partial charge in [-0.1, -0.05) is 42.5 Å². The molecule has 4 aromatic heterocycles. The van der Waals surface area contributed by atoms with E-state index < -0.39 is 7.81 Å². The molecular weight excluding hydrogens is 840 g/mol. The summed E-state index contributed by atoms with van der Waals surface area (Å²) in [5, 5.41) is 0. The smallest absolute Gasteiger partial charge is 0.305 e. The second kappa shape index (κ2) is 16.6. The van der Waals surface area contributed by atoms with Gasteiger partial charge in [0.1, 0.15) is 5.69 Å². The molecule has 13 heteroatoms. The van der Waals surface area contributed by atoms with Crippen LogP contribution in [0.25, 0.3) is 45.1 Å². The van der Waals surface area contributed by atoms with Crippen LogP contribution in [0.3, 0.4) is 0 Å². The van der Waals surface area contributed by atoms with Gasteiger partial charge in [-0.05, 0) is 54.7 Å². The largest absolute Gasteiger partial charge is 3.00 e. The Morgan fingerprint density at radius 1 is 0.551 bits per heavy atom. The van der Waals surface area contributed by atoms with Crippen LogP contribution in [0.2, 0.25) is 0 Å². The van der Waals surface area contributed by atoms with Crippen LogP contribution in [-0.2, 0) is 26.7 Å². The summed E-state index contributed by atoms with van der Waals surface area (Å²) in [6, 6.07) is 47.7. The zero-order valence-electron chi connectivity index (χ0n) is 25.8. The minimum Gasteiger partial charge on any atom is -0.305 e. The van der Waals surface area contributed by atoms with Gasteiger partial charge in [-0.3, -0.25) is 4.98 Å². The summed E-state index contributed by atoms with van der Waals surface area (Å²) in [6.45, 7) is 3.02. The fourth-order valence-electron chi connectivity index (χ4n) is 4.24. The summed E-state index contributed by atoms with van der Waals surface area (Å²) in [6.07, 6.45) is 5.38. The number of rotatable bonds is 4. The molecule has 0 saturated heterocycles. The second-order valence-corrected chi connectivity index (χ2v) is 11.7. The van der Waals surface area contributed by atoms with Gasteiger partial charge >= 0.3 is 53.1 Å². The molecule has 0 bridgehead atoms. The molecule has 0 N–H and O–H groups in total. The molecule has 0 unspecified atom stereocenters. The standard InChI is InChI=1S/C14H13N3.2C11H8N.F6P.Ir/c1-2-17-13-9-4-3-7-11(13)16-14(17)12-8-5-6-10-15-12;2*1-2-6-10(7-3-1)11-8-4-5-9-12-11;1-7(2,3,4,5)6;/h3-10H,2H2,1H3;2*1-6,8-9H;;/q;3*-1;+3. The first-order valence-electron chi connectivity index (χ1n) is 14.5. The van der Waals surface area contributed by atoms with E-state index in [1.54, 1.807) is 18.6 Å². The van der Waals surface area contributed by atoms with Crippen molar-refractivity contribution in [3.8, 4) is 34.0 Å². The minimum absolute atomic E-state index is 0. The van der Waals surface area contributed by atoms with E-state index in [1.807, 2.05) is 121 Å². The first kappa shape index (κ1) is 38.7. The Balaban J connectivity index is 0.000000184. The number of aromatic nitrogens is 5. The predicted octanol–water partition coefficient (Wildman–Crippen LogP) is 11.6. The maximum atomic E-state index is 9.87. The number of imidazole rings is 1. The van der Waals surface area contributed by atoms with E-state index in [0.29, 0.717) is 0 Å². The molecule has 7 aromatic rings. The fraction of sp³-hybridized carbons (Fsp3) is 0.0556. The van der Waals surface area contributed by atoms with Gasteiger partial charge in [0.2, 0.25) is 0 Å². The average molecular weight is 869 g/mol. The Bertz CT molecular complexity index is 1820. The number of hydrogen-bond donors (Lipinski definition) is 0. The van der Waals surface area contributed by atoms with Crippen molar-refractivity contribution in [3.63, 3.8) is 0 Å². The summed E-state index contributed by atoms with van der Waals surface area (Å²) in [5.74, 6) is 0.939. The topological polar surface area (TPSA) is 56.5 Å².